The van der Waals surface area contributed by atoms with Crippen molar-refractivity contribution in [1.82, 2.24) is 0 Å². The number of fused-ring (bicyclic) bond motifs is 4. The Morgan fingerprint density at radius 1 is 0.419 bits per heavy atom. The lowest BCUT2D eigenvalue weighted by Crippen LogP contribution is -2.62. The van der Waals surface area contributed by atoms with Gasteiger partial charge in [-0.05, 0) is 120 Å². The van der Waals surface area contributed by atoms with Crippen LogP contribution in [0.5, 0.6) is 0 Å². The second-order valence-electron chi connectivity index (χ2n) is 12.1. The van der Waals surface area contributed by atoms with E-state index in [1.807, 2.05) is 0 Å². The monoisotopic (exact) mass is 552 g/mol. The van der Waals surface area contributed by atoms with Gasteiger partial charge in [0.05, 0.1) is 0 Å². The second-order valence-corrected chi connectivity index (χ2v) is 12.1. The van der Waals surface area contributed by atoms with E-state index in [1.54, 1.807) is 0 Å². The first kappa shape index (κ1) is 25.7. The Morgan fingerprint density at radius 2 is 1.05 bits per heavy atom. The molecule has 0 spiro atoms. The summed E-state index contributed by atoms with van der Waals surface area (Å²) < 4.78 is 0. The summed E-state index contributed by atoms with van der Waals surface area (Å²) >= 11 is 0. The zero-order chi connectivity index (χ0) is 29.2. The molecule has 0 fully saturated rings. The van der Waals surface area contributed by atoms with Crippen molar-refractivity contribution < 1.29 is 0 Å². The van der Waals surface area contributed by atoms with E-state index in [0.29, 0.717) is 0 Å². The third-order valence-corrected chi connectivity index (χ3v) is 9.04. The number of anilines is 6. The van der Waals surface area contributed by atoms with Crippen molar-refractivity contribution in [1.29, 1.82) is 0 Å². The van der Waals surface area contributed by atoms with Gasteiger partial charge in [0.15, 0.2) is 0 Å². The molecular formula is C40H33BN2. The standard InChI is InChI=1S/C40H33BN2/c1-26-20-27(2)23-33(22-26)43-37-17-11-16-36-40(37)41(39-29(4)21-28(3)24-38(39)43)34-25-31(30-12-7-5-8-13-30)18-19-35(34)42(36)32-14-9-6-10-15-32/h5-25H,1-4H3. The van der Waals surface area contributed by atoms with Gasteiger partial charge in [-0.3, -0.25) is 0 Å². The molecule has 0 aromatic heterocycles. The summed E-state index contributed by atoms with van der Waals surface area (Å²) in [7, 11) is 0. The minimum absolute atomic E-state index is 0.114. The number of hydrogen-bond donors (Lipinski definition) is 0. The SMILES string of the molecule is Cc1cc(C)cc(N2c3cc(C)cc(C)c3B3c4cc(-c5ccccc5)ccc4N(c4ccccc4)c4cccc2c43)c1. The van der Waals surface area contributed by atoms with E-state index in [0.717, 1.165) is 0 Å². The topological polar surface area (TPSA) is 6.48 Å². The lowest BCUT2D eigenvalue weighted by atomic mass is 9.32. The molecule has 0 saturated heterocycles. The molecule has 2 aliphatic rings. The minimum Gasteiger partial charge on any atom is -0.311 e. The van der Waals surface area contributed by atoms with Gasteiger partial charge < -0.3 is 9.80 Å². The van der Waals surface area contributed by atoms with Gasteiger partial charge in [0.2, 0.25) is 0 Å². The van der Waals surface area contributed by atoms with Crippen molar-refractivity contribution in [3.05, 3.63) is 150 Å². The Bertz CT molecular complexity index is 2010. The third kappa shape index (κ3) is 4.03. The van der Waals surface area contributed by atoms with Crippen molar-refractivity contribution in [3.63, 3.8) is 0 Å². The summed E-state index contributed by atoms with van der Waals surface area (Å²) in [4.78, 5) is 4.98. The molecular weight excluding hydrogens is 519 g/mol. The lowest BCUT2D eigenvalue weighted by Gasteiger charge is -2.45. The molecule has 0 bridgehead atoms. The van der Waals surface area contributed by atoms with E-state index in [2.05, 4.69) is 165 Å². The highest BCUT2D eigenvalue weighted by molar-refractivity contribution is 7.00. The molecule has 0 N–H and O–H groups in total. The number of hydrogen-bond acceptors (Lipinski definition) is 2. The second kappa shape index (κ2) is 9.78. The summed E-state index contributed by atoms with van der Waals surface area (Å²) in [5.41, 5.74) is 19.2. The Balaban J connectivity index is 1.48. The van der Waals surface area contributed by atoms with Gasteiger partial charge in [0, 0.05) is 34.1 Å². The first-order chi connectivity index (χ1) is 21.0. The molecule has 0 saturated carbocycles. The first-order valence-electron chi connectivity index (χ1n) is 15.1. The Kier molecular flexibility index (Phi) is 5.84. The van der Waals surface area contributed by atoms with E-state index in [4.69, 9.17) is 0 Å². The van der Waals surface area contributed by atoms with Crippen LogP contribution in [-0.4, -0.2) is 6.71 Å². The molecule has 2 heterocycles. The number of rotatable bonds is 3. The van der Waals surface area contributed by atoms with E-state index in [9.17, 15) is 0 Å². The van der Waals surface area contributed by atoms with Crippen molar-refractivity contribution in [2.45, 2.75) is 27.7 Å². The number of para-hydroxylation sites is 1. The Morgan fingerprint density at radius 3 is 1.74 bits per heavy atom. The Hall–Kier alpha value is -5.02. The molecule has 0 amide bonds. The summed E-state index contributed by atoms with van der Waals surface area (Å²) in [6.45, 7) is 9.03. The van der Waals surface area contributed by atoms with Crippen LogP contribution in [0, 0.1) is 27.7 Å². The van der Waals surface area contributed by atoms with Crippen LogP contribution >= 0.6 is 0 Å². The van der Waals surface area contributed by atoms with Gasteiger partial charge in [0.1, 0.15) is 0 Å². The maximum atomic E-state index is 2.51. The fourth-order valence-corrected chi connectivity index (χ4v) is 7.47. The van der Waals surface area contributed by atoms with Crippen molar-refractivity contribution in [2.75, 3.05) is 9.80 Å². The molecule has 6 aromatic rings. The molecule has 2 aliphatic heterocycles. The largest absolute Gasteiger partial charge is 0.311 e. The maximum absolute atomic E-state index is 2.51. The molecule has 8 rings (SSSR count). The van der Waals surface area contributed by atoms with Crippen molar-refractivity contribution >= 4 is 57.2 Å². The molecule has 0 aliphatic carbocycles. The van der Waals surface area contributed by atoms with Crippen LogP contribution in [0.2, 0.25) is 0 Å². The summed E-state index contributed by atoms with van der Waals surface area (Å²) in [6.07, 6.45) is 0. The van der Waals surface area contributed by atoms with Gasteiger partial charge in [-0.2, -0.15) is 0 Å². The highest BCUT2D eigenvalue weighted by Crippen LogP contribution is 2.45. The summed E-state index contributed by atoms with van der Waals surface area (Å²) in [5.74, 6) is 0. The number of aryl methyl sites for hydroxylation is 4. The predicted molar refractivity (Wildman–Crippen MR) is 185 cm³/mol. The lowest BCUT2D eigenvalue weighted by molar-refractivity contribution is 1.23. The zero-order valence-corrected chi connectivity index (χ0v) is 25.1. The maximum Gasteiger partial charge on any atom is 0.252 e. The Labute approximate surface area is 255 Å². The fourth-order valence-electron chi connectivity index (χ4n) is 7.47. The highest BCUT2D eigenvalue weighted by Gasteiger charge is 2.44. The van der Waals surface area contributed by atoms with Crippen LogP contribution in [0.25, 0.3) is 11.1 Å². The van der Waals surface area contributed by atoms with E-state index >= 15 is 0 Å². The fraction of sp³-hybridized carbons (Fsp3) is 0.100. The summed E-state index contributed by atoms with van der Waals surface area (Å²) in [6, 6.07) is 47.2. The normalized spacial score (nSPS) is 13.0. The van der Waals surface area contributed by atoms with E-state index in [1.165, 1.54) is 83.9 Å². The van der Waals surface area contributed by atoms with Gasteiger partial charge in [-0.1, -0.05) is 84.4 Å². The molecule has 3 heteroatoms. The average Bonchev–Trinajstić information content (AvgIpc) is 3.01. The average molecular weight is 553 g/mol. The van der Waals surface area contributed by atoms with Crippen LogP contribution in [0.4, 0.5) is 34.1 Å². The van der Waals surface area contributed by atoms with Gasteiger partial charge in [-0.25, -0.2) is 0 Å². The van der Waals surface area contributed by atoms with Gasteiger partial charge in [-0.15, -0.1) is 0 Å². The van der Waals surface area contributed by atoms with Crippen LogP contribution in [-0.2, 0) is 0 Å². The number of benzene rings is 6. The summed E-state index contributed by atoms with van der Waals surface area (Å²) in [5, 5.41) is 0. The van der Waals surface area contributed by atoms with Crippen LogP contribution in [0.15, 0.2) is 127 Å². The molecule has 2 nitrogen and oxygen atoms in total. The number of nitrogens with zero attached hydrogens (tertiary/aromatic N) is 2. The van der Waals surface area contributed by atoms with E-state index in [-0.39, 0.29) is 6.71 Å². The van der Waals surface area contributed by atoms with Crippen LogP contribution in [0.1, 0.15) is 22.3 Å². The predicted octanol–water partition coefficient (Wildman–Crippen LogP) is 8.67. The van der Waals surface area contributed by atoms with Crippen LogP contribution in [0.3, 0.4) is 0 Å². The quantitative estimate of drug-likeness (QED) is 0.202. The van der Waals surface area contributed by atoms with Crippen molar-refractivity contribution in [3.8, 4) is 11.1 Å². The molecule has 0 atom stereocenters. The molecule has 206 valence electrons. The van der Waals surface area contributed by atoms with Gasteiger partial charge in [0.25, 0.3) is 6.71 Å². The zero-order valence-electron chi connectivity index (χ0n) is 25.1. The van der Waals surface area contributed by atoms with Gasteiger partial charge >= 0.3 is 0 Å². The smallest absolute Gasteiger partial charge is 0.252 e. The van der Waals surface area contributed by atoms with Crippen molar-refractivity contribution in [2.24, 2.45) is 0 Å². The molecule has 43 heavy (non-hydrogen) atoms. The molecule has 0 radical (unpaired) electrons. The van der Waals surface area contributed by atoms with E-state index < -0.39 is 0 Å². The third-order valence-electron chi connectivity index (χ3n) is 9.04. The minimum atomic E-state index is 0.114. The molecule has 0 unspecified atom stereocenters. The first-order valence-corrected chi connectivity index (χ1v) is 15.1. The highest BCUT2D eigenvalue weighted by atomic mass is 15.2. The van der Waals surface area contributed by atoms with Crippen LogP contribution < -0.4 is 26.2 Å². The molecule has 6 aromatic carbocycles.